The number of nitrogens with zero attached hydrogens (tertiary/aromatic N) is 4. The fraction of sp³-hybridized carbons (Fsp3) is 0.308. The summed E-state index contributed by atoms with van der Waals surface area (Å²) in [5.41, 5.74) is 0.161. The Kier molecular flexibility index (Phi) is 4.11. The van der Waals surface area contributed by atoms with Crippen LogP contribution in [-0.4, -0.2) is 25.7 Å². The number of aryl methyl sites for hydroxylation is 1. The smallest absolute Gasteiger partial charge is 0.319 e. The lowest BCUT2D eigenvalue weighted by Crippen LogP contribution is -2.36. The Morgan fingerprint density at radius 3 is 3.04 bits per heavy atom. The van der Waals surface area contributed by atoms with Gasteiger partial charge in [0.25, 0.3) is 5.69 Å². The van der Waals surface area contributed by atoms with Gasteiger partial charge in [-0.05, 0) is 25.0 Å². The lowest BCUT2D eigenvalue weighted by atomic mass is 10.1. The highest BCUT2D eigenvalue weighted by Gasteiger charge is 2.24. The molecule has 1 aliphatic heterocycles. The molecule has 3 rings (SSSR count). The molecule has 0 spiro atoms. The van der Waals surface area contributed by atoms with Crippen LogP contribution in [0, 0.1) is 10.1 Å². The van der Waals surface area contributed by atoms with Crippen molar-refractivity contribution in [2.45, 2.75) is 25.4 Å². The molecule has 2 amide bonds. The lowest BCUT2D eigenvalue weighted by Gasteiger charge is -2.23. The molecule has 0 saturated carbocycles. The largest absolute Gasteiger partial charge is 0.328 e. The van der Waals surface area contributed by atoms with Gasteiger partial charge in [-0.2, -0.15) is 5.10 Å². The number of nitro groups is 1. The summed E-state index contributed by atoms with van der Waals surface area (Å²) in [4.78, 5) is 26.4. The maximum absolute atomic E-state index is 12.1. The number of nitro benzene ring substituents is 1. The van der Waals surface area contributed by atoms with Crippen LogP contribution in [0.2, 0.25) is 5.02 Å². The average Bonchev–Trinajstić information content (AvgIpc) is 2.96. The molecule has 23 heavy (non-hydrogen) atoms. The molecule has 2 heterocycles. The van der Waals surface area contributed by atoms with Gasteiger partial charge in [-0.15, -0.1) is 0 Å². The minimum Gasteiger partial charge on any atom is -0.328 e. The van der Waals surface area contributed by atoms with Crippen LogP contribution in [0.15, 0.2) is 24.5 Å². The molecule has 1 aromatic carbocycles. The third kappa shape index (κ3) is 3.24. The molecular weight excluding hydrogens is 324 g/mol. The number of anilines is 1. The van der Waals surface area contributed by atoms with Crippen molar-refractivity contribution in [3.63, 3.8) is 0 Å². The van der Waals surface area contributed by atoms with Crippen LogP contribution in [0.5, 0.6) is 0 Å². The SMILES string of the molecule is O=C(Nc1ccc([N+](=O)[O-])c(Cl)c1)N[C@H]1CCCn2ncnc21. The first-order valence-corrected chi connectivity index (χ1v) is 7.31. The molecule has 0 bridgehead atoms. The van der Waals surface area contributed by atoms with Gasteiger partial charge in [0.2, 0.25) is 0 Å². The predicted octanol–water partition coefficient (Wildman–Crippen LogP) is 2.50. The summed E-state index contributed by atoms with van der Waals surface area (Å²) >= 11 is 5.82. The Bertz CT molecular complexity index is 762. The van der Waals surface area contributed by atoms with E-state index in [1.807, 2.05) is 0 Å². The number of benzene rings is 1. The molecule has 1 aromatic heterocycles. The zero-order chi connectivity index (χ0) is 16.4. The molecule has 120 valence electrons. The molecule has 0 unspecified atom stereocenters. The summed E-state index contributed by atoms with van der Waals surface area (Å²) < 4.78 is 1.76. The van der Waals surface area contributed by atoms with E-state index < -0.39 is 11.0 Å². The Morgan fingerprint density at radius 2 is 2.30 bits per heavy atom. The summed E-state index contributed by atoms with van der Waals surface area (Å²) in [6.07, 6.45) is 3.13. The van der Waals surface area contributed by atoms with Gasteiger partial charge >= 0.3 is 6.03 Å². The van der Waals surface area contributed by atoms with Crippen molar-refractivity contribution in [1.29, 1.82) is 0 Å². The van der Waals surface area contributed by atoms with E-state index in [-0.39, 0.29) is 16.8 Å². The Labute approximate surface area is 135 Å². The lowest BCUT2D eigenvalue weighted by molar-refractivity contribution is -0.384. The normalized spacial score (nSPS) is 16.5. The number of carbonyl (C=O) groups excluding carboxylic acids is 1. The number of aromatic nitrogens is 3. The Balaban J connectivity index is 1.67. The fourth-order valence-electron chi connectivity index (χ4n) is 2.48. The van der Waals surface area contributed by atoms with Gasteiger partial charge < -0.3 is 10.6 Å². The van der Waals surface area contributed by atoms with Crippen LogP contribution in [0.4, 0.5) is 16.2 Å². The third-order valence-electron chi connectivity index (χ3n) is 3.53. The molecule has 1 aliphatic rings. The minimum absolute atomic E-state index is 0.0368. The van der Waals surface area contributed by atoms with Gasteiger partial charge in [0.1, 0.15) is 17.2 Å². The maximum Gasteiger partial charge on any atom is 0.319 e. The average molecular weight is 337 g/mol. The number of hydrogen-bond acceptors (Lipinski definition) is 5. The van der Waals surface area contributed by atoms with Gasteiger partial charge in [-0.1, -0.05) is 11.6 Å². The summed E-state index contributed by atoms with van der Waals surface area (Å²) in [5.74, 6) is 0.716. The number of hydrogen-bond donors (Lipinski definition) is 2. The van der Waals surface area contributed by atoms with Crippen LogP contribution in [0.1, 0.15) is 24.7 Å². The number of carbonyl (C=O) groups is 1. The second kappa shape index (κ2) is 6.21. The van der Waals surface area contributed by atoms with Crippen molar-refractivity contribution in [2.24, 2.45) is 0 Å². The van der Waals surface area contributed by atoms with Gasteiger partial charge in [0, 0.05) is 18.3 Å². The van der Waals surface area contributed by atoms with E-state index in [9.17, 15) is 14.9 Å². The zero-order valence-electron chi connectivity index (χ0n) is 11.9. The van der Waals surface area contributed by atoms with Crippen molar-refractivity contribution >= 4 is 29.0 Å². The van der Waals surface area contributed by atoms with Crippen LogP contribution < -0.4 is 10.6 Å². The highest BCUT2D eigenvalue weighted by Crippen LogP contribution is 2.27. The second-order valence-corrected chi connectivity index (χ2v) is 5.47. The number of rotatable bonds is 3. The Morgan fingerprint density at radius 1 is 1.48 bits per heavy atom. The Hall–Kier alpha value is -2.68. The summed E-state index contributed by atoms with van der Waals surface area (Å²) in [6.45, 7) is 0.785. The maximum atomic E-state index is 12.1. The molecule has 10 heteroatoms. The van der Waals surface area contributed by atoms with Crippen LogP contribution in [0.25, 0.3) is 0 Å². The second-order valence-electron chi connectivity index (χ2n) is 5.06. The number of fused-ring (bicyclic) bond motifs is 1. The molecule has 1 atom stereocenters. The van der Waals surface area contributed by atoms with Gasteiger partial charge in [-0.25, -0.2) is 14.5 Å². The van der Waals surface area contributed by atoms with E-state index in [2.05, 4.69) is 20.7 Å². The summed E-state index contributed by atoms with van der Waals surface area (Å²) in [7, 11) is 0. The first-order chi connectivity index (χ1) is 11.0. The monoisotopic (exact) mass is 336 g/mol. The van der Waals surface area contributed by atoms with Crippen molar-refractivity contribution in [3.8, 4) is 0 Å². The van der Waals surface area contributed by atoms with E-state index in [1.165, 1.54) is 24.5 Å². The molecule has 0 aliphatic carbocycles. The van der Waals surface area contributed by atoms with Crippen molar-refractivity contribution in [1.82, 2.24) is 20.1 Å². The molecular formula is C13H13ClN6O3. The third-order valence-corrected chi connectivity index (χ3v) is 3.83. The number of urea groups is 1. The van der Waals surface area contributed by atoms with E-state index in [0.717, 1.165) is 19.4 Å². The van der Waals surface area contributed by atoms with E-state index >= 15 is 0 Å². The first kappa shape index (κ1) is 15.2. The van der Waals surface area contributed by atoms with Crippen LogP contribution in [0.3, 0.4) is 0 Å². The number of halogens is 1. The molecule has 9 nitrogen and oxygen atoms in total. The van der Waals surface area contributed by atoms with E-state index in [4.69, 9.17) is 11.6 Å². The quantitative estimate of drug-likeness (QED) is 0.660. The highest BCUT2D eigenvalue weighted by atomic mass is 35.5. The zero-order valence-corrected chi connectivity index (χ0v) is 12.7. The summed E-state index contributed by atoms with van der Waals surface area (Å²) in [5, 5.41) is 20.2. The number of amides is 2. The molecule has 2 N–H and O–H groups in total. The highest BCUT2D eigenvalue weighted by molar-refractivity contribution is 6.33. The first-order valence-electron chi connectivity index (χ1n) is 6.94. The van der Waals surface area contributed by atoms with Crippen LogP contribution in [-0.2, 0) is 6.54 Å². The van der Waals surface area contributed by atoms with E-state index in [0.29, 0.717) is 11.5 Å². The molecule has 2 aromatic rings. The standard InChI is InChI=1S/C13H13ClN6O3/c14-9-6-8(3-4-11(9)20(22)23)17-13(21)18-10-2-1-5-19-12(10)15-7-16-19/h3-4,6-7,10H,1-2,5H2,(H2,17,18,21)/t10-/m0/s1. The molecule has 0 saturated heterocycles. The summed E-state index contributed by atoms with van der Waals surface area (Å²) in [6, 6.07) is 3.35. The molecule has 0 radical (unpaired) electrons. The predicted molar refractivity (Wildman–Crippen MR) is 82.3 cm³/mol. The van der Waals surface area contributed by atoms with Gasteiger partial charge in [-0.3, -0.25) is 10.1 Å². The van der Waals surface area contributed by atoms with Crippen molar-refractivity contribution < 1.29 is 9.72 Å². The van der Waals surface area contributed by atoms with Gasteiger partial charge in [0.15, 0.2) is 0 Å². The minimum atomic E-state index is -0.582. The van der Waals surface area contributed by atoms with Gasteiger partial charge in [0.05, 0.1) is 11.0 Å². The van der Waals surface area contributed by atoms with Crippen LogP contribution >= 0.6 is 11.6 Å². The topological polar surface area (TPSA) is 115 Å². The number of nitrogens with one attached hydrogen (secondary N) is 2. The van der Waals surface area contributed by atoms with Crippen molar-refractivity contribution in [2.75, 3.05) is 5.32 Å². The van der Waals surface area contributed by atoms with E-state index in [1.54, 1.807) is 4.68 Å². The fourth-order valence-corrected chi connectivity index (χ4v) is 2.73. The van der Waals surface area contributed by atoms with Crippen molar-refractivity contribution in [3.05, 3.63) is 45.5 Å². The molecule has 0 fully saturated rings.